The van der Waals surface area contributed by atoms with Crippen LogP contribution < -0.4 is 11.3 Å². The minimum atomic E-state index is -0.360. The van der Waals surface area contributed by atoms with Gasteiger partial charge in [0.2, 0.25) is 0 Å². The van der Waals surface area contributed by atoms with Gasteiger partial charge in [-0.3, -0.25) is 16.3 Å². The van der Waals surface area contributed by atoms with Crippen molar-refractivity contribution in [3.8, 4) is 12.3 Å². The van der Waals surface area contributed by atoms with Gasteiger partial charge in [0.15, 0.2) is 0 Å². The van der Waals surface area contributed by atoms with Crippen LogP contribution in [0.2, 0.25) is 0 Å². The van der Waals surface area contributed by atoms with Crippen molar-refractivity contribution in [3.63, 3.8) is 0 Å². The lowest BCUT2D eigenvalue weighted by Gasteiger charge is -2.13. The zero-order chi connectivity index (χ0) is 10.4. The Kier molecular flexibility index (Phi) is 4.05. The first-order valence-electron chi connectivity index (χ1n) is 4.29. The van der Waals surface area contributed by atoms with Gasteiger partial charge in [0, 0.05) is 6.42 Å². The number of rotatable bonds is 4. The second-order valence-corrected chi connectivity index (χ2v) is 2.86. The van der Waals surface area contributed by atoms with Gasteiger partial charge < -0.3 is 0 Å². The molecular formula is C10H12FN3. The molecule has 0 aromatic carbocycles. The van der Waals surface area contributed by atoms with Gasteiger partial charge in [-0.1, -0.05) is 0 Å². The number of nitrogens with zero attached hydrogens (tertiary/aromatic N) is 1. The highest BCUT2D eigenvalue weighted by molar-refractivity contribution is 5.10. The Morgan fingerprint density at radius 1 is 1.64 bits per heavy atom. The molecule has 1 aromatic heterocycles. The average molecular weight is 193 g/mol. The van der Waals surface area contributed by atoms with Crippen molar-refractivity contribution >= 4 is 0 Å². The third kappa shape index (κ3) is 2.80. The van der Waals surface area contributed by atoms with Crippen LogP contribution in [0.3, 0.4) is 0 Å². The predicted molar refractivity (Wildman–Crippen MR) is 52.3 cm³/mol. The number of aromatic nitrogens is 1. The highest BCUT2D eigenvalue weighted by atomic mass is 19.1. The summed E-state index contributed by atoms with van der Waals surface area (Å²) in [6.07, 6.45) is 7.59. The minimum absolute atomic E-state index is 0.119. The topological polar surface area (TPSA) is 50.9 Å². The molecule has 0 saturated heterocycles. The van der Waals surface area contributed by atoms with Gasteiger partial charge in [-0.2, -0.15) is 0 Å². The third-order valence-electron chi connectivity index (χ3n) is 1.89. The monoisotopic (exact) mass is 193 g/mol. The normalized spacial score (nSPS) is 12.1. The molecule has 1 heterocycles. The van der Waals surface area contributed by atoms with E-state index in [-0.39, 0.29) is 11.9 Å². The number of nitrogens with two attached hydrogens (primary N) is 1. The smallest absolute Gasteiger partial charge is 0.141 e. The van der Waals surface area contributed by atoms with E-state index in [1.54, 1.807) is 6.07 Å². The van der Waals surface area contributed by atoms with E-state index in [2.05, 4.69) is 16.3 Å². The van der Waals surface area contributed by atoms with E-state index in [1.807, 2.05) is 0 Å². The first-order valence-corrected chi connectivity index (χ1v) is 4.29. The number of hydrogen-bond acceptors (Lipinski definition) is 3. The lowest BCUT2D eigenvalue weighted by Crippen LogP contribution is -2.28. The fourth-order valence-electron chi connectivity index (χ4n) is 1.14. The second-order valence-electron chi connectivity index (χ2n) is 2.86. The molecule has 1 atom stereocenters. The molecule has 0 saturated carbocycles. The molecule has 3 nitrogen and oxygen atoms in total. The van der Waals surface area contributed by atoms with Crippen LogP contribution in [0.1, 0.15) is 24.6 Å². The molecule has 0 amide bonds. The van der Waals surface area contributed by atoms with E-state index in [0.29, 0.717) is 18.5 Å². The molecule has 14 heavy (non-hydrogen) atoms. The highest BCUT2D eigenvalue weighted by Gasteiger charge is 2.09. The molecule has 0 fully saturated rings. The van der Waals surface area contributed by atoms with Gasteiger partial charge in [-0.15, -0.1) is 12.3 Å². The molecule has 1 aromatic rings. The van der Waals surface area contributed by atoms with E-state index in [1.165, 1.54) is 6.07 Å². The summed E-state index contributed by atoms with van der Waals surface area (Å²) in [7, 11) is 0. The molecule has 0 aliphatic heterocycles. The molecule has 1 unspecified atom stereocenters. The van der Waals surface area contributed by atoms with Gasteiger partial charge in [-0.25, -0.2) is 4.39 Å². The average Bonchev–Trinajstić information content (AvgIpc) is 2.21. The summed E-state index contributed by atoms with van der Waals surface area (Å²) in [5.74, 6) is 7.49. The van der Waals surface area contributed by atoms with Gasteiger partial charge in [-0.05, 0) is 18.6 Å². The molecule has 0 spiro atoms. The third-order valence-corrected chi connectivity index (χ3v) is 1.89. The van der Waals surface area contributed by atoms with Crippen LogP contribution in [0.25, 0.3) is 0 Å². The van der Waals surface area contributed by atoms with Crippen molar-refractivity contribution in [1.82, 2.24) is 10.4 Å². The summed E-state index contributed by atoms with van der Waals surface area (Å²) >= 11 is 0. The number of hydrogen-bond donors (Lipinski definition) is 2. The Labute approximate surface area is 82.5 Å². The Morgan fingerprint density at radius 3 is 2.93 bits per heavy atom. The van der Waals surface area contributed by atoms with Crippen molar-refractivity contribution in [3.05, 3.63) is 29.8 Å². The first kappa shape index (κ1) is 10.6. The fraction of sp³-hybridized carbons (Fsp3) is 0.300. The van der Waals surface area contributed by atoms with E-state index in [4.69, 9.17) is 12.3 Å². The summed E-state index contributed by atoms with van der Waals surface area (Å²) in [5, 5.41) is 0. The number of pyridine rings is 1. The largest absolute Gasteiger partial charge is 0.271 e. The summed E-state index contributed by atoms with van der Waals surface area (Å²) in [6.45, 7) is 0. The van der Waals surface area contributed by atoms with Crippen LogP contribution in [0, 0.1) is 18.2 Å². The molecule has 0 radical (unpaired) electrons. The van der Waals surface area contributed by atoms with Gasteiger partial charge in [0.25, 0.3) is 0 Å². The zero-order valence-electron chi connectivity index (χ0n) is 7.70. The van der Waals surface area contributed by atoms with Crippen LogP contribution in [0.4, 0.5) is 4.39 Å². The quantitative estimate of drug-likeness (QED) is 0.428. The van der Waals surface area contributed by atoms with Crippen LogP contribution in [0.5, 0.6) is 0 Å². The van der Waals surface area contributed by atoms with Crippen molar-refractivity contribution < 1.29 is 4.39 Å². The molecule has 74 valence electrons. The molecule has 0 aliphatic rings. The maximum absolute atomic E-state index is 12.6. The molecule has 0 aliphatic carbocycles. The Bertz CT molecular complexity index is 315. The summed E-state index contributed by atoms with van der Waals surface area (Å²) < 4.78 is 12.6. The number of terminal acetylenes is 1. The summed E-state index contributed by atoms with van der Waals surface area (Å²) in [5.41, 5.74) is 3.29. The van der Waals surface area contributed by atoms with E-state index in [9.17, 15) is 4.39 Å². The molecular weight excluding hydrogens is 181 g/mol. The standard InChI is InChI=1S/C10H12FN3/c1-2-3-4-10(14-12)9-6-5-8(11)7-13-9/h1,5-7,10,14H,3-4,12H2. The minimum Gasteiger partial charge on any atom is -0.271 e. The molecule has 1 rings (SSSR count). The molecule has 3 N–H and O–H groups in total. The van der Waals surface area contributed by atoms with E-state index >= 15 is 0 Å². The summed E-state index contributed by atoms with van der Waals surface area (Å²) in [6, 6.07) is 2.82. The van der Waals surface area contributed by atoms with Gasteiger partial charge >= 0.3 is 0 Å². The van der Waals surface area contributed by atoms with Crippen molar-refractivity contribution in [2.45, 2.75) is 18.9 Å². The molecule has 0 bridgehead atoms. The Morgan fingerprint density at radius 2 is 2.43 bits per heavy atom. The lowest BCUT2D eigenvalue weighted by molar-refractivity contribution is 0.508. The fourth-order valence-corrected chi connectivity index (χ4v) is 1.14. The lowest BCUT2D eigenvalue weighted by atomic mass is 10.1. The maximum atomic E-state index is 12.6. The van der Waals surface area contributed by atoms with Gasteiger partial charge in [0.1, 0.15) is 5.82 Å². The maximum Gasteiger partial charge on any atom is 0.141 e. The zero-order valence-corrected chi connectivity index (χ0v) is 7.70. The van der Waals surface area contributed by atoms with E-state index < -0.39 is 0 Å². The van der Waals surface area contributed by atoms with Crippen LogP contribution >= 0.6 is 0 Å². The number of hydrazine groups is 1. The Balaban J connectivity index is 2.69. The number of halogens is 1. The van der Waals surface area contributed by atoms with Gasteiger partial charge in [0.05, 0.1) is 17.9 Å². The van der Waals surface area contributed by atoms with Crippen LogP contribution in [-0.2, 0) is 0 Å². The Hall–Kier alpha value is -1.44. The van der Waals surface area contributed by atoms with Crippen LogP contribution in [0.15, 0.2) is 18.3 Å². The van der Waals surface area contributed by atoms with Crippen molar-refractivity contribution in [1.29, 1.82) is 0 Å². The van der Waals surface area contributed by atoms with E-state index in [0.717, 1.165) is 6.20 Å². The van der Waals surface area contributed by atoms with Crippen molar-refractivity contribution in [2.24, 2.45) is 5.84 Å². The van der Waals surface area contributed by atoms with Crippen molar-refractivity contribution in [2.75, 3.05) is 0 Å². The number of nitrogens with one attached hydrogen (secondary N) is 1. The molecule has 4 heteroatoms. The SMILES string of the molecule is C#CCCC(NN)c1ccc(F)cn1. The van der Waals surface area contributed by atoms with Crippen LogP contribution in [-0.4, -0.2) is 4.98 Å². The highest BCUT2D eigenvalue weighted by Crippen LogP contribution is 2.14. The summed E-state index contributed by atoms with van der Waals surface area (Å²) in [4.78, 5) is 3.92. The first-order chi connectivity index (χ1) is 6.77. The predicted octanol–water partition coefficient (Wildman–Crippen LogP) is 1.14. The second kappa shape index (κ2) is 5.32.